The first-order valence-electron chi connectivity index (χ1n) is 4.96. The fraction of sp³-hybridized carbons (Fsp3) is 0.167. The van der Waals surface area contributed by atoms with Gasteiger partial charge in [-0.25, -0.2) is 4.39 Å². The average Bonchev–Trinajstić information content (AvgIpc) is 2.26. The summed E-state index contributed by atoms with van der Waals surface area (Å²) in [6.07, 6.45) is 2.57. The Bertz CT molecular complexity index is 457. The van der Waals surface area contributed by atoms with E-state index in [1.807, 2.05) is 0 Å². The smallest absolute Gasteiger partial charge is 0.325 e. The van der Waals surface area contributed by atoms with Crippen molar-refractivity contribution < 1.29 is 19.1 Å². The van der Waals surface area contributed by atoms with Crippen LogP contribution >= 0.6 is 0 Å². The van der Waals surface area contributed by atoms with Crippen LogP contribution in [0.15, 0.2) is 30.3 Å². The molecule has 0 aliphatic heterocycles. The third kappa shape index (κ3) is 4.46. The average molecular weight is 237 g/mol. The molecule has 1 aromatic carbocycles. The number of benzene rings is 1. The number of carboxylic acid groups (broad SMARTS) is 1. The lowest BCUT2D eigenvalue weighted by Crippen LogP contribution is -2.37. The van der Waals surface area contributed by atoms with E-state index in [0.29, 0.717) is 5.56 Å². The van der Waals surface area contributed by atoms with Crippen LogP contribution in [0.4, 0.5) is 4.39 Å². The summed E-state index contributed by atoms with van der Waals surface area (Å²) in [5, 5.41) is 10.8. The van der Waals surface area contributed by atoms with E-state index in [1.54, 1.807) is 6.07 Å². The lowest BCUT2D eigenvalue weighted by molar-refractivity contribution is -0.140. The van der Waals surface area contributed by atoms with Crippen LogP contribution in [-0.2, 0) is 9.59 Å². The first kappa shape index (κ1) is 12.9. The second kappa shape index (κ2) is 5.79. The summed E-state index contributed by atoms with van der Waals surface area (Å²) in [7, 11) is 0. The van der Waals surface area contributed by atoms with Gasteiger partial charge in [-0.2, -0.15) is 0 Å². The van der Waals surface area contributed by atoms with Crippen molar-refractivity contribution in [1.29, 1.82) is 0 Å². The van der Waals surface area contributed by atoms with Crippen molar-refractivity contribution in [2.75, 3.05) is 0 Å². The minimum absolute atomic E-state index is 0.397. The Kier molecular flexibility index (Phi) is 4.39. The maximum atomic E-state index is 12.8. The van der Waals surface area contributed by atoms with Crippen LogP contribution < -0.4 is 5.32 Å². The first-order chi connectivity index (χ1) is 7.99. The zero-order valence-corrected chi connectivity index (χ0v) is 9.18. The summed E-state index contributed by atoms with van der Waals surface area (Å²) in [6, 6.07) is 4.76. The van der Waals surface area contributed by atoms with Crippen LogP contribution in [0.3, 0.4) is 0 Å². The summed E-state index contributed by atoms with van der Waals surface area (Å²) < 4.78 is 12.8. The minimum atomic E-state index is -1.11. The summed E-state index contributed by atoms with van der Waals surface area (Å²) in [6.45, 7) is 1.36. The van der Waals surface area contributed by atoms with Gasteiger partial charge in [0, 0.05) is 6.08 Å². The van der Waals surface area contributed by atoms with E-state index >= 15 is 0 Å². The lowest BCUT2D eigenvalue weighted by Gasteiger charge is -2.05. The van der Waals surface area contributed by atoms with Crippen molar-refractivity contribution >= 4 is 18.0 Å². The molecule has 1 amide bonds. The number of rotatable bonds is 4. The molecule has 0 fully saturated rings. The van der Waals surface area contributed by atoms with Crippen molar-refractivity contribution in [3.63, 3.8) is 0 Å². The van der Waals surface area contributed by atoms with Gasteiger partial charge in [-0.3, -0.25) is 9.59 Å². The Morgan fingerprint density at radius 3 is 2.76 bits per heavy atom. The molecule has 1 rings (SSSR count). The lowest BCUT2D eigenvalue weighted by atomic mass is 10.2. The van der Waals surface area contributed by atoms with Crippen LogP contribution in [-0.4, -0.2) is 23.0 Å². The summed E-state index contributed by atoms with van der Waals surface area (Å²) in [4.78, 5) is 21.7. The first-order valence-corrected chi connectivity index (χ1v) is 4.96. The number of carbonyl (C=O) groups is 2. The van der Waals surface area contributed by atoms with E-state index in [-0.39, 0.29) is 0 Å². The number of carbonyl (C=O) groups excluding carboxylic acids is 1. The van der Waals surface area contributed by atoms with E-state index < -0.39 is 23.7 Å². The number of hydrogen-bond donors (Lipinski definition) is 2. The number of aliphatic carboxylic acids is 1. The molecule has 0 aliphatic rings. The monoisotopic (exact) mass is 237 g/mol. The maximum absolute atomic E-state index is 12.8. The van der Waals surface area contributed by atoms with Crippen LogP contribution in [0.5, 0.6) is 0 Å². The molecule has 0 saturated heterocycles. The minimum Gasteiger partial charge on any atom is -0.480 e. The quantitative estimate of drug-likeness (QED) is 0.778. The Morgan fingerprint density at radius 1 is 1.47 bits per heavy atom. The topological polar surface area (TPSA) is 66.4 Å². The summed E-state index contributed by atoms with van der Waals surface area (Å²) >= 11 is 0. The highest BCUT2D eigenvalue weighted by Gasteiger charge is 2.11. The van der Waals surface area contributed by atoms with E-state index in [2.05, 4.69) is 5.32 Å². The molecule has 1 atom stereocenters. The van der Waals surface area contributed by atoms with E-state index in [4.69, 9.17) is 5.11 Å². The maximum Gasteiger partial charge on any atom is 0.325 e. The Hall–Kier alpha value is -2.17. The van der Waals surface area contributed by atoms with Gasteiger partial charge < -0.3 is 10.4 Å². The molecule has 0 unspecified atom stereocenters. The summed E-state index contributed by atoms with van der Waals surface area (Å²) in [5.41, 5.74) is 0.531. The second-order valence-corrected chi connectivity index (χ2v) is 3.46. The molecule has 17 heavy (non-hydrogen) atoms. The zero-order chi connectivity index (χ0) is 12.8. The van der Waals surface area contributed by atoms with Gasteiger partial charge in [0.05, 0.1) is 0 Å². The van der Waals surface area contributed by atoms with Crippen molar-refractivity contribution in [2.24, 2.45) is 0 Å². The summed E-state index contributed by atoms with van der Waals surface area (Å²) in [5.74, 6) is -2.05. The predicted octanol–water partition coefficient (Wildman–Crippen LogP) is 1.43. The molecule has 0 radical (unpaired) electrons. The molecule has 5 heteroatoms. The van der Waals surface area contributed by atoms with Gasteiger partial charge in [0.1, 0.15) is 11.9 Å². The molecule has 0 heterocycles. The van der Waals surface area contributed by atoms with Gasteiger partial charge in [0.2, 0.25) is 5.91 Å². The molecule has 0 saturated carbocycles. The van der Waals surface area contributed by atoms with E-state index in [9.17, 15) is 14.0 Å². The molecule has 0 aromatic heterocycles. The number of halogens is 1. The molecule has 4 nitrogen and oxygen atoms in total. The Balaban J connectivity index is 2.59. The van der Waals surface area contributed by atoms with Crippen molar-refractivity contribution in [3.05, 3.63) is 41.7 Å². The molecule has 0 bridgehead atoms. The zero-order valence-electron chi connectivity index (χ0n) is 9.18. The number of amides is 1. The molecule has 2 N–H and O–H groups in total. The molecular formula is C12H12FNO3. The molecule has 1 aromatic rings. The molecule has 0 spiro atoms. The SMILES string of the molecule is C[C@@H](NC(=O)/C=C/c1cccc(F)c1)C(=O)O. The molecular weight excluding hydrogens is 225 g/mol. The van der Waals surface area contributed by atoms with Gasteiger partial charge in [0.25, 0.3) is 0 Å². The van der Waals surface area contributed by atoms with Crippen molar-refractivity contribution in [2.45, 2.75) is 13.0 Å². The largest absolute Gasteiger partial charge is 0.480 e. The van der Waals surface area contributed by atoms with Crippen LogP contribution in [0, 0.1) is 5.82 Å². The van der Waals surface area contributed by atoms with Crippen molar-refractivity contribution in [1.82, 2.24) is 5.32 Å². The van der Waals surface area contributed by atoms with Crippen LogP contribution in [0.2, 0.25) is 0 Å². The highest BCUT2D eigenvalue weighted by Crippen LogP contribution is 2.05. The second-order valence-electron chi connectivity index (χ2n) is 3.46. The highest BCUT2D eigenvalue weighted by atomic mass is 19.1. The Morgan fingerprint density at radius 2 is 2.18 bits per heavy atom. The molecule has 0 aliphatic carbocycles. The third-order valence-electron chi connectivity index (χ3n) is 2.01. The number of hydrogen-bond acceptors (Lipinski definition) is 2. The fourth-order valence-electron chi connectivity index (χ4n) is 1.11. The third-order valence-corrected chi connectivity index (χ3v) is 2.01. The predicted molar refractivity (Wildman–Crippen MR) is 60.7 cm³/mol. The normalized spacial score (nSPS) is 12.4. The highest BCUT2D eigenvalue weighted by molar-refractivity contribution is 5.94. The number of nitrogens with one attached hydrogen (secondary N) is 1. The van der Waals surface area contributed by atoms with Gasteiger partial charge in [0.15, 0.2) is 0 Å². The number of carboxylic acids is 1. The van der Waals surface area contributed by atoms with Crippen LogP contribution in [0.1, 0.15) is 12.5 Å². The van der Waals surface area contributed by atoms with Gasteiger partial charge in [-0.15, -0.1) is 0 Å². The standard InChI is InChI=1S/C12H12FNO3/c1-8(12(16)17)14-11(15)6-5-9-3-2-4-10(13)7-9/h2-8H,1H3,(H,14,15)(H,16,17)/b6-5+/t8-/m1/s1. The fourth-order valence-corrected chi connectivity index (χ4v) is 1.11. The van der Waals surface area contributed by atoms with Crippen LogP contribution in [0.25, 0.3) is 6.08 Å². The van der Waals surface area contributed by atoms with Crippen molar-refractivity contribution in [3.8, 4) is 0 Å². The molecule has 90 valence electrons. The van der Waals surface area contributed by atoms with Gasteiger partial charge in [-0.1, -0.05) is 12.1 Å². The van der Waals surface area contributed by atoms with Gasteiger partial charge >= 0.3 is 5.97 Å². The Labute approximate surface area is 97.8 Å². The van der Waals surface area contributed by atoms with Gasteiger partial charge in [-0.05, 0) is 30.7 Å². The van der Waals surface area contributed by atoms with E-state index in [1.165, 1.54) is 31.2 Å². The van der Waals surface area contributed by atoms with E-state index in [0.717, 1.165) is 6.08 Å².